The topological polar surface area (TPSA) is 49.4 Å². The van der Waals surface area contributed by atoms with Gasteiger partial charge in [0.25, 0.3) is 0 Å². The molecule has 0 radical (unpaired) electrons. The Kier molecular flexibility index (Phi) is 25.8. The molecule has 17 heavy (non-hydrogen) atoms. The zero-order valence-electron chi connectivity index (χ0n) is 12.5. The average molecular weight is 264 g/mol. The van der Waals surface area contributed by atoms with Gasteiger partial charge in [-0.3, -0.25) is 9.59 Å². The quantitative estimate of drug-likeness (QED) is 0.612. The third-order valence-electron chi connectivity index (χ3n) is 1.57. The van der Waals surface area contributed by atoms with E-state index in [-0.39, 0.29) is 21.6 Å². The highest BCUT2D eigenvalue weighted by atomic mass is 31.0. The Balaban J connectivity index is -0.0000000844. The lowest BCUT2D eigenvalue weighted by Crippen LogP contribution is -2.17. The zero-order chi connectivity index (χ0) is 13.7. The van der Waals surface area contributed by atoms with E-state index >= 15 is 0 Å². The number of amides is 1. The number of likely N-dealkylation sites (N-methyl/N-ethyl adjacent to an activating group) is 1. The van der Waals surface area contributed by atoms with Gasteiger partial charge in [0.15, 0.2) is 5.78 Å². The van der Waals surface area contributed by atoms with Crippen LogP contribution in [-0.4, -0.2) is 37.7 Å². The maximum absolute atomic E-state index is 10.5. The summed E-state index contributed by atoms with van der Waals surface area (Å²) in [6.07, 6.45) is 1.75. The second-order valence-electron chi connectivity index (χ2n) is 2.92. The molecule has 1 unspecified atom stereocenters. The van der Waals surface area contributed by atoms with E-state index in [1.807, 2.05) is 20.8 Å². The van der Waals surface area contributed by atoms with Crippen molar-refractivity contribution in [2.75, 3.05) is 21.1 Å². The molecule has 1 N–H and O–H groups in total. The van der Waals surface area contributed by atoms with Crippen LogP contribution in [0.15, 0.2) is 11.8 Å². The number of hydrogen-bond donors (Lipinski definition) is 1. The van der Waals surface area contributed by atoms with Crippen molar-refractivity contribution < 1.29 is 9.59 Å². The molecule has 0 aliphatic heterocycles. The van der Waals surface area contributed by atoms with Crippen molar-refractivity contribution in [1.82, 2.24) is 10.2 Å². The van der Waals surface area contributed by atoms with Gasteiger partial charge in [-0.2, -0.15) is 9.90 Å². The summed E-state index contributed by atoms with van der Waals surface area (Å²) in [6.45, 7) is 8.89. The molecule has 0 saturated carbocycles. The molecule has 0 heterocycles. The Hall–Kier alpha value is -0.890. The third-order valence-corrected chi connectivity index (χ3v) is 1.57. The van der Waals surface area contributed by atoms with E-state index in [1.165, 1.54) is 18.7 Å². The molecule has 0 bridgehead atoms. The van der Waals surface area contributed by atoms with E-state index in [0.29, 0.717) is 5.70 Å². The molecule has 0 saturated heterocycles. The minimum Gasteiger partial charge on any atom is -0.386 e. The molecule has 0 spiro atoms. The number of nitrogens with one attached hydrogen (secondary N) is 1. The number of nitrogens with zero attached hydrogens (tertiary/aromatic N) is 1. The third kappa shape index (κ3) is 21.0. The Bertz CT molecular complexity index is 227. The van der Waals surface area contributed by atoms with Crippen LogP contribution in [0.2, 0.25) is 0 Å². The number of allylic oxidation sites excluding steroid dienone is 2. The van der Waals surface area contributed by atoms with Gasteiger partial charge in [-0.1, -0.05) is 19.9 Å². The first-order chi connectivity index (χ1) is 7.36. The molecule has 1 amide bonds. The molecule has 0 fully saturated rings. The number of carbonyl (C=O) groups is 2. The highest BCUT2D eigenvalue weighted by Gasteiger charge is 1.94. The Labute approximate surface area is 109 Å². The van der Waals surface area contributed by atoms with Gasteiger partial charge >= 0.3 is 0 Å². The molecule has 0 aromatic carbocycles. The van der Waals surface area contributed by atoms with Crippen molar-refractivity contribution in [2.45, 2.75) is 34.6 Å². The fourth-order valence-corrected chi connectivity index (χ4v) is 0.524. The summed E-state index contributed by atoms with van der Waals surface area (Å²) in [6, 6.07) is 0. The van der Waals surface area contributed by atoms with Gasteiger partial charge in [0.1, 0.15) is 0 Å². The minimum absolute atomic E-state index is 0. The second-order valence-corrected chi connectivity index (χ2v) is 2.92. The zero-order valence-corrected chi connectivity index (χ0v) is 14.0. The van der Waals surface area contributed by atoms with Crippen LogP contribution in [0.1, 0.15) is 34.6 Å². The second kappa shape index (κ2) is 17.5. The van der Waals surface area contributed by atoms with E-state index < -0.39 is 0 Å². The first-order valence-corrected chi connectivity index (χ1v) is 5.39. The fourth-order valence-electron chi connectivity index (χ4n) is 0.524. The molecule has 1 atom stereocenters. The van der Waals surface area contributed by atoms with E-state index in [2.05, 4.69) is 5.32 Å². The minimum atomic E-state index is 0. The first-order valence-electron chi connectivity index (χ1n) is 5.39. The lowest BCUT2D eigenvalue weighted by molar-refractivity contribution is -0.126. The fraction of sp³-hybridized carbons (Fsp3) is 0.667. The van der Waals surface area contributed by atoms with E-state index in [9.17, 15) is 9.59 Å². The summed E-state index contributed by atoms with van der Waals surface area (Å²) in [5, 5.41) is 2.76. The highest BCUT2D eigenvalue weighted by molar-refractivity contribution is 6.92. The Morgan fingerprint density at radius 3 is 1.41 bits per heavy atom. The molecule has 0 aromatic heterocycles. The summed E-state index contributed by atoms with van der Waals surface area (Å²) < 4.78 is 0. The maximum Gasteiger partial charge on any atom is 0.218 e. The SMILES string of the molecule is C/C=C(\NC)C(C)=O.CC.CC(=O)N(C)C.P. The molecule has 0 aliphatic rings. The van der Waals surface area contributed by atoms with Crippen molar-refractivity contribution in [3.63, 3.8) is 0 Å². The van der Waals surface area contributed by atoms with Crippen LogP contribution in [0.5, 0.6) is 0 Å². The summed E-state index contributed by atoms with van der Waals surface area (Å²) >= 11 is 0. The van der Waals surface area contributed by atoms with Gasteiger partial charge in [-0.05, 0) is 6.92 Å². The van der Waals surface area contributed by atoms with Gasteiger partial charge in [0.2, 0.25) is 5.91 Å². The van der Waals surface area contributed by atoms with Crippen molar-refractivity contribution in [3.05, 3.63) is 11.8 Å². The van der Waals surface area contributed by atoms with Crippen LogP contribution < -0.4 is 5.32 Å². The molecule has 104 valence electrons. The van der Waals surface area contributed by atoms with Crippen molar-refractivity contribution in [2.24, 2.45) is 0 Å². The number of carbonyl (C=O) groups excluding carboxylic acids is 2. The largest absolute Gasteiger partial charge is 0.386 e. The van der Waals surface area contributed by atoms with E-state index in [1.54, 1.807) is 27.2 Å². The molecular weight excluding hydrogens is 235 g/mol. The van der Waals surface area contributed by atoms with Crippen LogP contribution in [0, 0.1) is 0 Å². The molecule has 0 aliphatic carbocycles. The Morgan fingerprint density at radius 1 is 1.12 bits per heavy atom. The summed E-state index contributed by atoms with van der Waals surface area (Å²) in [5.74, 6) is 0.171. The predicted octanol–water partition coefficient (Wildman–Crippen LogP) is 1.88. The number of hydrogen-bond acceptors (Lipinski definition) is 3. The number of ketones is 1. The number of Topliss-reactive ketones (excluding diaryl/α,β-unsaturated/α-hetero) is 1. The van der Waals surface area contributed by atoms with Gasteiger partial charge in [0, 0.05) is 35.0 Å². The van der Waals surface area contributed by atoms with Crippen molar-refractivity contribution in [1.29, 1.82) is 0 Å². The van der Waals surface area contributed by atoms with Crippen molar-refractivity contribution in [3.8, 4) is 0 Å². The van der Waals surface area contributed by atoms with Crippen LogP contribution in [0.25, 0.3) is 0 Å². The lowest BCUT2D eigenvalue weighted by Gasteiger charge is -2.02. The Morgan fingerprint density at radius 2 is 1.41 bits per heavy atom. The predicted molar refractivity (Wildman–Crippen MR) is 80.3 cm³/mol. The van der Waals surface area contributed by atoms with Gasteiger partial charge in [-0.15, -0.1) is 0 Å². The van der Waals surface area contributed by atoms with Gasteiger partial charge < -0.3 is 10.2 Å². The average Bonchev–Trinajstić information content (AvgIpc) is 2.22. The summed E-state index contributed by atoms with van der Waals surface area (Å²) in [4.78, 5) is 22.1. The van der Waals surface area contributed by atoms with Gasteiger partial charge in [0.05, 0.1) is 5.70 Å². The van der Waals surface area contributed by atoms with Gasteiger partial charge in [-0.25, -0.2) is 0 Å². The van der Waals surface area contributed by atoms with Crippen LogP contribution in [0.4, 0.5) is 0 Å². The highest BCUT2D eigenvalue weighted by Crippen LogP contribution is 1.86. The first kappa shape index (κ1) is 25.1. The maximum atomic E-state index is 10.5. The normalized spacial score (nSPS) is 8.35. The monoisotopic (exact) mass is 264 g/mol. The van der Waals surface area contributed by atoms with E-state index in [4.69, 9.17) is 0 Å². The smallest absolute Gasteiger partial charge is 0.218 e. The summed E-state index contributed by atoms with van der Waals surface area (Å²) in [7, 11) is 5.18. The van der Waals surface area contributed by atoms with E-state index in [0.717, 1.165) is 0 Å². The molecule has 0 rings (SSSR count). The standard InChI is InChI=1S/C6H11NO.C4H9NO.C2H6.H3P/c1-4-6(7-3)5(2)8;1-4(6)5(2)3;1-2;/h4,7H,1-3H3;1-3H3;1-2H3;1H3/b6-4-;;;. The molecular formula is C12H29N2O2P. The van der Waals surface area contributed by atoms with Crippen LogP contribution in [-0.2, 0) is 9.59 Å². The van der Waals surface area contributed by atoms with Crippen LogP contribution >= 0.6 is 9.90 Å². The number of rotatable bonds is 2. The summed E-state index contributed by atoms with van der Waals surface area (Å²) in [5.41, 5.74) is 0.671. The molecule has 5 heteroatoms. The van der Waals surface area contributed by atoms with Crippen molar-refractivity contribution >= 4 is 21.6 Å². The van der Waals surface area contributed by atoms with Crippen LogP contribution in [0.3, 0.4) is 0 Å². The molecule has 0 aromatic rings. The molecule has 4 nitrogen and oxygen atoms in total. The lowest BCUT2D eigenvalue weighted by atomic mass is 10.3.